The van der Waals surface area contributed by atoms with E-state index in [9.17, 15) is 10.1 Å². The summed E-state index contributed by atoms with van der Waals surface area (Å²) in [6, 6.07) is 26.1. The minimum Gasteiger partial charge on any atom is -0.456 e. The van der Waals surface area contributed by atoms with Gasteiger partial charge in [-0.25, -0.2) is 0 Å². The first-order chi connectivity index (χ1) is 14.2. The number of nitrogens with zero attached hydrogens (tertiary/aromatic N) is 1. The molecule has 0 aliphatic heterocycles. The number of amides is 1. The molecule has 0 bridgehead atoms. The Bertz CT molecular complexity index is 1020. The molecule has 0 aromatic heterocycles. The van der Waals surface area contributed by atoms with Crippen molar-refractivity contribution in [2.45, 2.75) is 24.9 Å². The van der Waals surface area contributed by atoms with E-state index in [1.165, 1.54) is 0 Å². The fourth-order valence-electron chi connectivity index (χ4n) is 3.02. The van der Waals surface area contributed by atoms with Gasteiger partial charge < -0.3 is 15.4 Å². The maximum atomic E-state index is 12.7. The molecule has 1 atom stereocenters. The highest BCUT2D eigenvalue weighted by atomic mass is 16.5. The van der Waals surface area contributed by atoms with Crippen molar-refractivity contribution in [1.29, 1.82) is 5.26 Å². The number of carbonyl (C=O) groups is 1. The van der Waals surface area contributed by atoms with Gasteiger partial charge in [0.15, 0.2) is 0 Å². The molecule has 3 aromatic carbocycles. The van der Waals surface area contributed by atoms with Crippen LogP contribution in [0.2, 0.25) is 0 Å². The summed E-state index contributed by atoms with van der Waals surface area (Å²) in [6.07, 6.45) is 2.09. The summed E-state index contributed by atoms with van der Waals surface area (Å²) >= 11 is 0. The lowest BCUT2D eigenvalue weighted by atomic mass is 10.1. The summed E-state index contributed by atoms with van der Waals surface area (Å²) in [5, 5.41) is 15.6. The first kappa shape index (κ1) is 18.6. The Kier molecular flexibility index (Phi) is 5.44. The van der Waals surface area contributed by atoms with Crippen LogP contribution in [0.5, 0.6) is 11.5 Å². The van der Waals surface area contributed by atoms with Gasteiger partial charge in [-0.1, -0.05) is 42.5 Å². The van der Waals surface area contributed by atoms with Crippen LogP contribution in [0.1, 0.15) is 30.0 Å². The quantitative estimate of drug-likeness (QED) is 0.616. The summed E-state index contributed by atoms with van der Waals surface area (Å²) in [5.41, 5.74) is 2.20. The topological polar surface area (TPSA) is 74.1 Å². The van der Waals surface area contributed by atoms with Crippen LogP contribution in [-0.4, -0.2) is 11.9 Å². The minimum atomic E-state index is -0.470. The van der Waals surface area contributed by atoms with Crippen LogP contribution >= 0.6 is 0 Å². The third-order valence-electron chi connectivity index (χ3n) is 4.72. The Morgan fingerprint density at radius 1 is 0.966 bits per heavy atom. The largest absolute Gasteiger partial charge is 0.456 e. The number of rotatable bonds is 7. The average molecular weight is 383 g/mol. The van der Waals surface area contributed by atoms with Gasteiger partial charge in [-0.15, -0.1) is 0 Å². The Hall–Kier alpha value is -3.78. The zero-order chi connectivity index (χ0) is 20.1. The standard InChI is InChI=1S/C24H21N3O2/c25-16-18-8-4-5-9-22(18)29-21-14-12-19(13-15-21)26-23(17-6-2-1-3-7-17)24(28)27-20-10-11-20/h1-9,12-15,20,23,26H,10-11H2,(H,27,28). The molecule has 29 heavy (non-hydrogen) atoms. The Morgan fingerprint density at radius 2 is 1.66 bits per heavy atom. The van der Waals surface area contributed by atoms with Gasteiger partial charge in [0, 0.05) is 11.7 Å². The van der Waals surface area contributed by atoms with E-state index >= 15 is 0 Å². The average Bonchev–Trinajstić information content (AvgIpc) is 3.58. The molecule has 144 valence electrons. The summed E-state index contributed by atoms with van der Waals surface area (Å²) in [5.74, 6) is 1.11. The molecule has 4 rings (SSSR count). The van der Waals surface area contributed by atoms with Crippen molar-refractivity contribution in [3.8, 4) is 17.6 Å². The van der Waals surface area contributed by atoms with Crippen molar-refractivity contribution in [3.05, 3.63) is 90.0 Å². The second-order valence-corrected chi connectivity index (χ2v) is 7.01. The van der Waals surface area contributed by atoms with Gasteiger partial charge in [0.2, 0.25) is 5.91 Å². The van der Waals surface area contributed by atoms with E-state index < -0.39 is 6.04 Å². The van der Waals surface area contributed by atoms with Gasteiger partial charge >= 0.3 is 0 Å². The molecule has 1 aliphatic carbocycles. The molecule has 2 N–H and O–H groups in total. The fraction of sp³-hybridized carbons (Fsp3) is 0.167. The molecule has 0 heterocycles. The lowest BCUT2D eigenvalue weighted by Crippen LogP contribution is -2.34. The number of carbonyl (C=O) groups excluding carboxylic acids is 1. The Morgan fingerprint density at radius 3 is 2.34 bits per heavy atom. The molecule has 1 amide bonds. The molecule has 1 unspecified atom stereocenters. The van der Waals surface area contributed by atoms with Crippen LogP contribution in [0.15, 0.2) is 78.9 Å². The maximum absolute atomic E-state index is 12.7. The van der Waals surface area contributed by atoms with E-state index in [0.29, 0.717) is 23.1 Å². The molecule has 0 saturated heterocycles. The second-order valence-electron chi connectivity index (χ2n) is 7.01. The zero-order valence-corrected chi connectivity index (χ0v) is 15.8. The highest BCUT2D eigenvalue weighted by Crippen LogP contribution is 2.28. The van der Waals surface area contributed by atoms with Crippen molar-refractivity contribution in [2.24, 2.45) is 0 Å². The predicted octanol–water partition coefficient (Wildman–Crippen LogP) is 4.78. The molecule has 3 aromatic rings. The number of hydrogen-bond acceptors (Lipinski definition) is 4. The van der Waals surface area contributed by atoms with Crippen LogP contribution < -0.4 is 15.4 Å². The van der Waals surface area contributed by atoms with Crippen molar-refractivity contribution < 1.29 is 9.53 Å². The smallest absolute Gasteiger partial charge is 0.247 e. The lowest BCUT2D eigenvalue weighted by Gasteiger charge is -2.20. The second kappa shape index (κ2) is 8.49. The summed E-state index contributed by atoms with van der Waals surface area (Å²) < 4.78 is 5.82. The van der Waals surface area contributed by atoms with Crippen LogP contribution in [0.3, 0.4) is 0 Å². The van der Waals surface area contributed by atoms with Crippen LogP contribution in [-0.2, 0) is 4.79 Å². The van der Waals surface area contributed by atoms with E-state index in [4.69, 9.17) is 4.74 Å². The van der Waals surface area contributed by atoms with Crippen LogP contribution in [0.4, 0.5) is 5.69 Å². The lowest BCUT2D eigenvalue weighted by molar-refractivity contribution is -0.122. The van der Waals surface area contributed by atoms with E-state index in [2.05, 4.69) is 16.7 Å². The number of ether oxygens (including phenoxy) is 1. The highest BCUT2D eigenvalue weighted by Gasteiger charge is 2.28. The van der Waals surface area contributed by atoms with Gasteiger partial charge in [-0.3, -0.25) is 4.79 Å². The highest BCUT2D eigenvalue weighted by molar-refractivity contribution is 5.86. The van der Waals surface area contributed by atoms with E-state index in [1.807, 2.05) is 60.7 Å². The van der Waals surface area contributed by atoms with Gasteiger partial charge in [0.05, 0.1) is 5.56 Å². The SMILES string of the molecule is N#Cc1ccccc1Oc1ccc(NC(C(=O)NC2CC2)c2ccccc2)cc1. The van der Waals surface area contributed by atoms with Gasteiger partial charge in [0.1, 0.15) is 23.6 Å². The summed E-state index contributed by atoms with van der Waals surface area (Å²) in [7, 11) is 0. The molecule has 1 saturated carbocycles. The Balaban J connectivity index is 1.49. The normalized spacial score (nSPS) is 13.8. The molecule has 5 nitrogen and oxygen atoms in total. The first-order valence-electron chi connectivity index (χ1n) is 9.62. The summed E-state index contributed by atoms with van der Waals surface area (Å²) in [4.78, 5) is 12.7. The molecule has 5 heteroatoms. The van der Waals surface area contributed by atoms with E-state index in [1.54, 1.807) is 18.2 Å². The third-order valence-corrected chi connectivity index (χ3v) is 4.72. The molecule has 0 spiro atoms. The molecular formula is C24H21N3O2. The zero-order valence-electron chi connectivity index (χ0n) is 15.8. The van der Waals surface area contributed by atoms with Crippen molar-refractivity contribution in [3.63, 3.8) is 0 Å². The molecule has 1 aliphatic rings. The predicted molar refractivity (Wildman–Crippen MR) is 112 cm³/mol. The molecule has 0 radical (unpaired) electrons. The Labute approximate surface area is 169 Å². The van der Waals surface area contributed by atoms with Crippen LogP contribution in [0.25, 0.3) is 0 Å². The minimum absolute atomic E-state index is 0.0259. The van der Waals surface area contributed by atoms with Crippen molar-refractivity contribution >= 4 is 11.6 Å². The fourth-order valence-corrected chi connectivity index (χ4v) is 3.02. The number of benzene rings is 3. The van der Waals surface area contributed by atoms with Gasteiger partial charge in [-0.2, -0.15) is 5.26 Å². The molecule has 1 fully saturated rings. The molecular weight excluding hydrogens is 362 g/mol. The first-order valence-corrected chi connectivity index (χ1v) is 9.62. The van der Waals surface area contributed by atoms with E-state index in [-0.39, 0.29) is 5.91 Å². The third kappa shape index (κ3) is 4.74. The number of anilines is 1. The van der Waals surface area contributed by atoms with Crippen molar-refractivity contribution in [2.75, 3.05) is 5.32 Å². The van der Waals surface area contributed by atoms with Crippen LogP contribution in [0, 0.1) is 11.3 Å². The van der Waals surface area contributed by atoms with Gasteiger partial charge in [0.25, 0.3) is 0 Å². The number of para-hydroxylation sites is 1. The van der Waals surface area contributed by atoms with Gasteiger partial charge in [-0.05, 0) is 54.8 Å². The van der Waals surface area contributed by atoms with E-state index in [0.717, 1.165) is 24.1 Å². The number of nitrogens with one attached hydrogen (secondary N) is 2. The summed E-state index contributed by atoms with van der Waals surface area (Å²) in [6.45, 7) is 0. The number of nitriles is 1. The monoisotopic (exact) mass is 383 g/mol. The van der Waals surface area contributed by atoms with Crippen molar-refractivity contribution in [1.82, 2.24) is 5.32 Å². The maximum Gasteiger partial charge on any atom is 0.247 e. The number of hydrogen-bond donors (Lipinski definition) is 2.